The van der Waals surface area contributed by atoms with E-state index in [1.807, 2.05) is 0 Å². The predicted octanol–water partition coefficient (Wildman–Crippen LogP) is 3.85. The van der Waals surface area contributed by atoms with Gasteiger partial charge < -0.3 is 9.64 Å². The monoisotopic (exact) mass is 414 g/mol. The maximum atomic E-state index is 13.1. The van der Waals surface area contributed by atoms with Gasteiger partial charge in [-0.25, -0.2) is 4.98 Å². The number of aromatic nitrogens is 1. The summed E-state index contributed by atoms with van der Waals surface area (Å²) < 4.78 is 67.9. The predicted molar refractivity (Wildman–Crippen MR) is 84.1 cm³/mol. The SMILES string of the molecule is FC(F)(F)C(F)(F)COc1ncc(Cl)cc1C1=NNC2C(Cl)=CC=CN12. The highest BCUT2D eigenvalue weighted by Crippen LogP contribution is 2.36. The van der Waals surface area contributed by atoms with E-state index >= 15 is 0 Å². The van der Waals surface area contributed by atoms with Crippen molar-refractivity contribution in [2.75, 3.05) is 6.61 Å². The third kappa shape index (κ3) is 3.43. The zero-order chi connectivity index (χ0) is 19.1. The van der Waals surface area contributed by atoms with Crippen LogP contribution in [0.3, 0.4) is 0 Å². The lowest BCUT2D eigenvalue weighted by molar-refractivity contribution is -0.290. The van der Waals surface area contributed by atoms with Crippen molar-refractivity contribution in [2.45, 2.75) is 18.3 Å². The number of halogens is 7. The molecule has 0 aromatic carbocycles. The molecule has 0 radical (unpaired) electrons. The van der Waals surface area contributed by atoms with E-state index in [-0.39, 0.29) is 16.4 Å². The highest BCUT2D eigenvalue weighted by molar-refractivity contribution is 6.31. The largest absolute Gasteiger partial charge is 0.470 e. The highest BCUT2D eigenvalue weighted by atomic mass is 35.5. The molecule has 1 unspecified atom stereocenters. The first-order valence-electron chi connectivity index (χ1n) is 6.99. The van der Waals surface area contributed by atoms with Crippen molar-refractivity contribution < 1.29 is 26.7 Å². The number of alkyl halides is 5. The van der Waals surface area contributed by atoms with Crippen molar-refractivity contribution in [3.8, 4) is 5.88 Å². The molecule has 140 valence electrons. The van der Waals surface area contributed by atoms with Crippen LogP contribution in [0.15, 0.2) is 40.7 Å². The molecule has 0 aliphatic carbocycles. The van der Waals surface area contributed by atoms with Crippen LogP contribution in [0.4, 0.5) is 22.0 Å². The Hall–Kier alpha value is -2.07. The smallest absolute Gasteiger partial charge is 0.456 e. The van der Waals surface area contributed by atoms with Crippen molar-refractivity contribution in [1.29, 1.82) is 0 Å². The van der Waals surface area contributed by atoms with Gasteiger partial charge in [0.1, 0.15) is 0 Å². The minimum Gasteiger partial charge on any atom is -0.470 e. The summed E-state index contributed by atoms with van der Waals surface area (Å²) in [5.74, 6) is -5.36. The summed E-state index contributed by atoms with van der Waals surface area (Å²) in [7, 11) is 0. The molecule has 0 amide bonds. The number of allylic oxidation sites excluding steroid dienone is 2. The molecule has 1 aromatic rings. The molecule has 0 saturated heterocycles. The van der Waals surface area contributed by atoms with Gasteiger partial charge in [0, 0.05) is 12.4 Å². The Kier molecular flexibility index (Phi) is 4.74. The molecule has 1 atom stereocenters. The topological polar surface area (TPSA) is 49.8 Å². The minimum absolute atomic E-state index is 0.0292. The van der Waals surface area contributed by atoms with Crippen molar-refractivity contribution in [3.05, 3.63) is 46.2 Å². The van der Waals surface area contributed by atoms with Gasteiger partial charge in [-0.05, 0) is 18.2 Å². The van der Waals surface area contributed by atoms with Crippen molar-refractivity contribution in [2.24, 2.45) is 5.10 Å². The first-order chi connectivity index (χ1) is 12.1. The lowest BCUT2D eigenvalue weighted by atomic mass is 10.2. The number of pyridine rings is 1. The fraction of sp³-hybridized carbons (Fsp3) is 0.286. The van der Waals surface area contributed by atoms with Gasteiger partial charge in [0.15, 0.2) is 18.6 Å². The lowest BCUT2D eigenvalue weighted by Gasteiger charge is -2.26. The third-order valence-corrected chi connectivity index (χ3v) is 3.98. The molecule has 26 heavy (non-hydrogen) atoms. The summed E-state index contributed by atoms with van der Waals surface area (Å²) in [5.41, 5.74) is 2.74. The van der Waals surface area contributed by atoms with E-state index in [0.717, 1.165) is 6.20 Å². The van der Waals surface area contributed by atoms with Crippen LogP contribution in [0.1, 0.15) is 5.56 Å². The van der Waals surface area contributed by atoms with Gasteiger partial charge in [-0.15, -0.1) is 0 Å². The van der Waals surface area contributed by atoms with E-state index < -0.39 is 30.8 Å². The summed E-state index contributed by atoms with van der Waals surface area (Å²) in [6, 6.07) is 1.29. The second-order valence-corrected chi connectivity index (χ2v) is 6.14. The van der Waals surface area contributed by atoms with E-state index in [9.17, 15) is 22.0 Å². The van der Waals surface area contributed by atoms with Crippen LogP contribution >= 0.6 is 23.2 Å². The molecule has 3 heterocycles. The first-order valence-corrected chi connectivity index (χ1v) is 7.74. The van der Waals surface area contributed by atoms with Gasteiger partial charge in [-0.3, -0.25) is 5.43 Å². The molecular weight excluding hydrogens is 406 g/mol. The lowest BCUT2D eigenvalue weighted by Crippen LogP contribution is -2.42. The number of ether oxygens (including phenoxy) is 1. The van der Waals surface area contributed by atoms with Crippen LogP contribution in [-0.4, -0.2) is 40.6 Å². The van der Waals surface area contributed by atoms with Gasteiger partial charge in [-0.1, -0.05) is 23.2 Å². The Morgan fingerprint density at radius 3 is 2.65 bits per heavy atom. The molecule has 12 heteroatoms. The van der Waals surface area contributed by atoms with E-state index in [4.69, 9.17) is 23.2 Å². The van der Waals surface area contributed by atoms with Crippen LogP contribution < -0.4 is 10.2 Å². The number of nitrogens with zero attached hydrogens (tertiary/aromatic N) is 3. The number of rotatable bonds is 4. The molecule has 3 rings (SSSR count). The normalized spacial score (nSPS) is 19.7. The average Bonchev–Trinajstić information content (AvgIpc) is 2.98. The fourth-order valence-electron chi connectivity index (χ4n) is 2.18. The standard InChI is InChI=1S/C14H9Cl2F5N4O/c15-7-4-8(10-23-24-11-9(16)2-1-3-25(10)11)12(22-5-7)26-6-13(17,18)14(19,20)21/h1-5,11,24H,6H2. The van der Waals surface area contributed by atoms with Gasteiger partial charge in [0.2, 0.25) is 5.88 Å². The zero-order valence-corrected chi connectivity index (χ0v) is 14.1. The van der Waals surface area contributed by atoms with Crippen molar-refractivity contribution in [1.82, 2.24) is 15.3 Å². The second-order valence-electron chi connectivity index (χ2n) is 5.26. The zero-order valence-electron chi connectivity index (χ0n) is 12.6. The summed E-state index contributed by atoms with van der Waals surface area (Å²) in [4.78, 5) is 5.23. The molecule has 2 aliphatic rings. The number of hydrogen-bond donors (Lipinski definition) is 1. The maximum Gasteiger partial charge on any atom is 0.456 e. The molecule has 0 fully saturated rings. The van der Waals surface area contributed by atoms with E-state index in [0.29, 0.717) is 5.03 Å². The van der Waals surface area contributed by atoms with E-state index in [1.54, 1.807) is 18.4 Å². The quantitative estimate of drug-likeness (QED) is 0.760. The second kappa shape index (κ2) is 6.58. The Labute approximate surface area is 153 Å². The molecule has 0 saturated carbocycles. The molecule has 1 aromatic heterocycles. The third-order valence-electron chi connectivity index (χ3n) is 3.44. The number of fused-ring (bicyclic) bond motifs is 1. The fourth-order valence-corrected chi connectivity index (χ4v) is 2.56. The van der Waals surface area contributed by atoms with Crippen LogP contribution in [0.2, 0.25) is 5.02 Å². The van der Waals surface area contributed by atoms with Crippen LogP contribution in [0.5, 0.6) is 5.88 Å². The number of hydrazone groups is 1. The molecule has 5 nitrogen and oxygen atoms in total. The molecular formula is C14H9Cl2F5N4O. The van der Waals surface area contributed by atoms with Gasteiger partial charge in [-0.2, -0.15) is 27.1 Å². The molecule has 2 aliphatic heterocycles. The van der Waals surface area contributed by atoms with Crippen LogP contribution in [-0.2, 0) is 0 Å². The number of hydrogen-bond acceptors (Lipinski definition) is 5. The molecule has 0 spiro atoms. The maximum absolute atomic E-state index is 13.1. The van der Waals surface area contributed by atoms with Crippen LogP contribution in [0, 0.1) is 0 Å². The van der Waals surface area contributed by atoms with Crippen molar-refractivity contribution >= 4 is 29.0 Å². The minimum atomic E-state index is -5.74. The van der Waals surface area contributed by atoms with Crippen molar-refractivity contribution in [3.63, 3.8) is 0 Å². The van der Waals surface area contributed by atoms with Gasteiger partial charge in [0.25, 0.3) is 0 Å². The Balaban J connectivity index is 1.88. The summed E-state index contributed by atoms with van der Waals surface area (Å²) in [5, 5.41) is 4.53. The van der Waals surface area contributed by atoms with Gasteiger partial charge in [0.05, 0.1) is 15.6 Å². The molecule has 1 N–H and O–H groups in total. The molecule has 0 bridgehead atoms. The summed E-state index contributed by atoms with van der Waals surface area (Å²) in [6.07, 6.45) is -0.412. The first kappa shape index (κ1) is 18.7. The Morgan fingerprint density at radius 1 is 1.23 bits per heavy atom. The Morgan fingerprint density at radius 2 is 1.96 bits per heavy atom. The van der Waals surface area contributed by atoms with E-state index in [1.165, 1.54) is 11.0 Å². The Bertz CT molecular complexity index is 809. The number of nitrogens with one attached hydrogen (secondary N) is 1. The van der Waals surface area contributed by atoms with Crippen LogP contribution in [0.25, 0.3) is 0 Å². The van der Waals surface area contributed by atoms with Gasteiger partial charge >= 0.3 is 12.1 Å². The summed E-state index contributed by atoms with van der Waals surface area (Å²) in [6.45, 7) is -1.93. The average molecular weight is 415 g/mol. The summed E-state index contributed by atoms with van der Waals surface area (Å²) >= 11 is 11.9. The van der Waals surface area contributed by atoms with E-state index in [2.05, 4.69) is 20.2 Å². The number of amidine groups is 1. The highest BCUT2D eigenvalue weighted by Gasteiger charge is 2.58.